The highest BCUT2D eigenvalue weighted by Crippen LogP contribution is 2.45. The van der Waals surface area contributed by atoms with Gasteiger partial charge in [-0.2, -0.15) is 0 Å². The molecule has 0 aliphatic heterocycles. The molecular formula is C46H30N4O. The molecular weight excluding hydrogens is 625 g/mol. The molecule has 10 rings (SSSR count). The normalized spacial score (nSPS) is 11.5. The molecule has 51 heavy (non-hydrogen) atoms. The van der Waals surface area contributed by atoms with Crippen molar-refractivity contribution in [3.05, 3.63) is 176 Å². The Morgan fingerprint density at radius 3 is 1.67 bits per heavy atom. The molecule has 5 nitrogen and oxygen atoms in total. The summed E-state index contributed by atoms with van der Waals surface area (Å²) >= 11 is 0. The van der Waals surface area contributed by atoms with Crippen molar-refractivity contribution >= 4 is 55.4 Å². The lowest BCUT2D eigenvalue weighted by Gasteiger charge is -2.14. The van der Waals surface area contributed by atoms with Crippen molar-refractivity contribution in [1.82, 2.24) is 14.5 Å². The van der Waals surface area contributed by atoms with Gasteiger partial charge in [-0.05, 0) is 54.1 Å². The second kappa shape index (κ2) is 11.9. The van der Waals surface area contributed by atoms with Crippen molar-refractivity contribution in [2.24, 2.45) is 0 Å². The molecule has 0 fully saturated rings. The Bertz CT molecular complexity index is 2800. The van der Waals surface area contributed by atoms with Crippen LogP contribution in [0.5, 0.6) is 0 Å². The Morgan fingerprint density at radius 2 is 1.00 bits per heavy atom. The lowest BCUT2D eigenvalue weighted by molar-refractivity contribution is 0.674. The molecule has 0 spiro atoms. The smallest absolute Gasteiger partial charge is 0.228 e. The van der Waals surface area contributed by atoms with E-state index < -0.39 is 0 Å². The highest BCUT2D eigenvalue weighted by molar-refractivity contribution is 6.25. The molecule has 10 aromatic rings. The highest BCUT2D eigenvalue weighted by atomic mass is 16.3. The molecule has 0 aliphatic carbocycles. The maximum Gasteiger partial charge on any atom is 0.228 e. The van der Waals surface area contributed by atoms with Crippen LogP contribution in [0.4, 0.5) is 11.6 Å². The van der Waals surface area contributed by atoms with Crippen molar-refractivity contribution < 1.29 is 4.42 Å². The minimum Gasteiger partial charge on any atom is -0.455 e. The zero-order valence-corrected chi connectivity index (χ0v) is 27.5. The van der Waals surface area contributed by atoms with Gasteiger partial charge in [-0.3, -0.25) is 0 Å². The maximum absolute atomic E-state index is 7.08. The molecule has 1 N–H and O–H groups in total. The van der Waals surface area contributed by atoms with Gasteiger partial charge in [0.2, 0.25) is 5.95 Å². The molecule has 0 aliphatic rings. The van der Waals surface area contributed by atoms with Gasteiger partial charge in [0, 0.05) is 38.5 Å². The Balaban J connectivity index is 1.21. The summed E-state index contributed by atoms with van der Waals surface area (Å²) in [6, 6.07) is 60.7. The summed E-state index contributed by atoms with van der Waals surface area (Å²) in [5.74, 6) is 0.510. The number of nitrogens with one attached hydrogen (secondary N) is 1. The Kier molecular flexibility index (Phi) is 6.74. The number of hydrogen-bond acceptors (Lipinski definition) is 4. The maximum atomic E-state index is 7.08. The minimum atomic E-state index is 0.510. The van der Waals surface area contributed by atoms with Crippen LogP contribution in [0.15, 0.2) is 180 Å². The van der Waals surface area contributed by atoms with E-state index in [0.29, 0.717) is 5.95 Å². The molecule has 0 saturated carbocycles. The van der Waals surface area contributed by atoms with Crippen molar-refractivity contribution in [1.29, 1.82) is 0 Å². The Labute approximate surface area is 294 Å². The van der Waals surface area contributed by atoms with Crippen LogP contribution < -0.4 is 5.32 Å². The monoisotopic (exact) mass is 654 g/mol. The molecule has 0 atom stereocenters. The standard InChI is InChI=1S/C46H30N4O/c1-5-15-30(16-6-1)38-29-39(31-17-7-2-8-18-31)49-46(48-38)47-37-27-25-34-35-26-28-41-43(45(35)51-44(34)42(37)32-19-9-3-10-20-32)36-23-13-14-24-40(36)50(41)33-21-11-4-12-22-33/h1-29H,(H,47,48,49). The third-order valence-electron chi connectivity index (χ3n) is 9.63. The number of benzene rings is 7. The summed E-state index contributed by atoms with van der Waals surface area (Å²) in [5, 5.41) is 8.01. The van der Waals surface area contributed by atoms with Crippen LogP contribution in [-0.2, 0) is 0 Å². The first-order chi connectivity index (χ1) is 25.3. The molecule has 0 bridgehead atoms. The zero-order chi connectivity index (χ0) is 33.7. The van der Waals surface area contributed by atoms with Gasteiger partial charge in [-0.1, -0.05) is 127 Å². The lowest BCUT2D eigenvalue weighted by Crippen LogP contribution is -2.02. The zero-order valence-electron chi connectivity index (χ0n) is 27.5. The Hall–Kier alpha value is -6.98. The highest BCUT2D eigenvalue weighted by Gasteiger charge is 2.22. The number of para-hydroxylation sites is 2. The predicted molar refractivity (Wildman–Crippen MR) is 210 cm³/mol. The molecule has 3 heterocycles. The Morgan fingerprint density at radius 1 is 0.451 bits per heavy atom. The van der Waals surface area contributed by atoms with Gasteiger partial charge in [-0.15, -0.1) is 0 Å². The summed E-state index contributed by atoms with van der Waals surface area (Å²) in [7, 11) is 0. The molecule has 3 aromatic heterocycles. The van der Waals surface area contributed by atoms with Crippen LogP contribution >= 0.6 is 0 Å². The van der Waals surface area contributed by atoms with Crippen LogP contribution in [0.1, 0.15) is 0 Å². The fourth-order valence-electron chi connectivity index (χ4n) is 7.34. The van der Waals surface area contributed by atoms with Gasteiger partial charge in [0.25, 0.3) is 0 Å². The van der Waals surface area contributed by atoms with Crippen molar-refractivity contribution in [2.75, 3.05) is 5.32 Å². The van der Waals surface area contributed by atoms with Gasteiger partial charge in [0.15, 0.2) is 0 Å². The van der Waals surface area contributed by atoms with Crippen LogP contribution in [0, 0.1) is 0 Å². The lowest BCUT2D eigenvalue weighted by atomic mass is 9.99. The van der Waals surface area contributed by atoms with Crippen molar-refractivity contribution in [3.8, 4) is 39.3 Å². The third kappa shape index (κ3) is 4.86. The minimum absolute atomic E-state index is 0.510. The molecule has 0 saturated heterocycles. The average Bonchev–Trinajstić information content (AvgIpc) is 3.75. The van der Waals surface area contributed by atoms with Gasteiger partial charge >= 0.3 is 0 Å². The summed E-state index contributed by atoms with van der Waals surface area (Å²) < 4.78 is 9.40. The van der Waals surface area contributed by atoms with E-state index in [1.54, 1.807) is 0 Å². The van der Waals surface area contributed by atoms with Gasteiger partial charge in [-0.25, -0.2) is 9.97 Å². The second-order valence-electron chi connectivity index (χ2n) is 12.7. The van der Waals surface area contributed by atoms with E-state index in [-0.39, 0.29) is 0 Å². The number of nitrogens with zero attached hydrogens (tertiary/aromatic N) is 3. The number of furan rings is 1. The fraction of sp³-hybridized carbons (Fsp3) is 0. The number of fused-ring (bicyclic) bond motifs is 7. The fourth-order valence-corrected chi connectivity index (χ4v) is 7.34. The van der Waals surface area contributed by atoms with E-state index in [1.807, 2.05) is 48.5 Å². The first-order valence-electron chi connectivity index (χ1n) is 17.1. The quantitative estimate of drug-likeness (QED) is 0.194. The third-order valence-corrected chi connectivity index (χ3v) is 9.63. The van der Waals surface area contributed by atoms with Crippen molar-refractivity contribution in [2.45, 2.75) is 0 Å². The number of aromatic nitrogens is 3. The number of anilines is 2. The van der Waals surface area contributed by atoms with E-state index in [2.05, 4.69) is 137 Å². The predicted octanol–water partition coefficient (Wildman–Crippen LogP) is 12.2. The van der Waals surface area contributed by atoms with Gasteiger partial charge < -0.3 is 14.3 Å². The van der Waals surface area contributed by atoms with Crippen LogP contribution in [0.2, 0.25) is 0 Å². The molecule has 240 valence electrons. The van der Waals surface area contributed by atoms with Crippen LogP contribution in [-0.4, -0.2) is 14.5 Å². The van der Waals surface area contributed by atoms with E-state index in [9.17, 15) is 0 Å². The first-order valence-corrected chi connectivity index (χ1v) is 17.1. The first kappa shape index (κ1) is 29.0. The summed E-state index contributed by atoms with van der Waals surface area (Å²) in [6.45, 7) is 0. The van der Waals surface area contributed by atoms with E-state index in [1.165, 1.54) is 0 Å². The topological polar surface area (TPSA) is 55.9 Å². The average molecular weight is 655 g/mol. The number of hydrogen-bond donors (Lipinski definition) is 1. The molecule has 0 amide bonds. The molecule has 0 radical (unpaired) electrons. The molecule has 7 aromatic carbocycles. The summed E-state index contributed by atoms with van der Waals surface area (Å²) in [5.41, 5.74) is 11.6. The van der Waals surface area contributed by atoms with Gasteiger partial charge in [0.1, 0.15) is 11.2 Å². The largest absolute Gasteiger partial charge is 0.455 e. The van der Waals surface area contributed by atoms with E-state index in [4.69, 9.17) is 14.4 Å². The van der Waals surface area contributed by atoms with Crippen molar-refractivity contribution in [3.63, 3.8) is 0 Å². The van der Waals surface area contributed by atoms with Crippen LogP contribution in [0.3, 0.4) is 0 Å². The van der Waals surface area contributed by atoms with E-state index in [0.717, 1.165) is 88.8 Å². The SMILES string of the molecule is c1ccc(-c2cc(-c3ccccc3)nc(Nc3ccc4c(oc5c4ccc4c5c5ccccc5n4-c4ccccc4)c3-c3ccccc3)n2)cc1. The second-order valence-corrected chi connectivity index (χ2v) is 12.7. The summed E-state index contributed by atoms with van der Waals surface area (Å²) in [6.07, 6.45) is 0. The van der Waals surface area contributed by atoms with Crippen LogP contribution in [0.25, 0.3) is 83.1 Å². The van der Waals surface area contributed by atoms with Gasteiger partial charge in [0.05, 0.1) is 33.5 Å². The molecule has 5 heteroatoms. The number of rotatable bonds is 6. The van der Waals surface area contributed by atoms with E-state index >= 15 is 0 Å². The molecule has 0 unspecified atom stereocenters. The summed E-state index contributed by atoms with van der Waals surface area (Å²) in [4.78, 5) is 10.1.